The van der Waals surface area contributed by atoms with Crippen LogP contribution in [-0.2, 0) is 16.0 Å². The lowest BCUT2D eigenvalue weighted by atomic mass is 9.85. The van der Waals surface area contributed by atoms with Crippen LogP contribution in [0.1, 0.15) is 18.4 Å². The summed E-state index contributed by atoms with van der Waals surface area (Å²) in [4.78, 5) is 27.1. The molecule has 3 fully saturated rings. The fourth-order valence-corrected chi connectivity index (χ4v) is 5.25. The molecule has 2 bridgehead atoms. The number of hydrogen-bond acceptors (Lipinski definition) is 2. The van der Waals surface area contributed by atoms with Gasteiger partial charge < -0.3 is 0 Å². The minimum absolute atomic E-state index is 0.0548. The number of nitrogens with zero attached hydrogens (tertiary/aromatic N) is 1. The van der Waals surface area contributed by atoms with E-state index in [2.05, 4.69) is 24.3 Å². The van der Waals surface area contributed by atoms with Crippen LogP contribution in [0.25, 0.3) is 0 Å². The van der Waals surface area contributed by atoms with Gasteiger partial charge in [-0.15, -0.1) is 0 Å². The molecular weight excluding hydrogens is 274 g/mol. The van der Waals surface area contributed by atoms with Crippen LogP contribution in [0.15, 0.2) is 42.5 Å². The lowest BCUT2D eigenvalue weighted by Gasteiger charge is -2.21. The average Bonchev–Trinajstić information content (AvgIpc) is 3.14. The van der Waals surface area contributed by atoms with E-state index in [9.17, 15) is 9.59 Å². The second-order valence-corrected chi connectivity index (χ2v) is 7.28. The molecule has 5 rings (SSSR count). The lowest BCUT2D eigenvalue weighted by molar-refractivity contribution is -0.141. The first-order chi connectivity index (χ1) is 10.7. The highest BCUT2D eigenvalue weighted by Gasteiger charge is 2.73. The number of imide groups is 1. The van der Waals surface area contributed by atoms with Crippen molar-refractivity contribution < 1.29 is 9.59 Å². The van der Waals surface area contributed by atoms with Crippen LogP contribution in [0, 0.1) is 29.1 Å². The summed E-state index contributed by atoms with van der Waals surface area (Å²) in [6.07, 6.45) is 7.61. The fraction of sp³-hybridized carbons (Fsp3) is 0.474. The van der Waals surface area contributed by atoms with Gasteiger partial charge >= 0.3 is 0 Å². The first-order valence-corrected chi connectivity index (χ1v) is 8.30. The maximum absolute atomic E-state index is 12.8. The Hall–Kier alpha value is -1.90. The number of carbonyl (C=O) groups excluding carboxylic acids is 2. The topological polar surface area (TPSA) is 37.4 Å². The van der Waals surface area contributed by atoms with Crippen molar-refractivity contribution in [3.63, 3.8) is 0 Å². The fourth-order valence-electron chi connectivity index (χ4n) is 5.25. The summed E-state index contributed by atoms with van der Waals surface area (Å²) in [6.45, 7) is 0.529. The van der Waals surface area contributed by atoms with Gasteiger partial charge in [-0.05, 0) is 42.1 Å². The van der Waals surface area contributed by atoms with Gasteiger partial charge in [0.2, 0.25) is 11.8 Å². The van der Waals surface area contributed by atoms with Gasteiger partial charge in [0, 0.05) is 6.54 Å². The normalized spacial score (nSPS) is 36.5. The molecule has 1 spiro atoms. The van der Waals surface area contributed by atoms with Crippen LogP contribution in [0.3, 0.4) is 0 Å². The summed E-state index contributed by atoms with van der Waals surface area (Å²) in [7, 11) is 0. The third-order valence-electron chi connectivity index (χ3n) is 6.41. The zero-order valence-electron chi connectivity index (χ0n) is 12.4. The lowest BCUT2D eigenvalue weighted by Crippen LogP contribution is -2.36. The Balaban J connectivity index is 1.38. The van der Waals surface area contributed by atoms with Crippen molar-refractivity contribution in [2.45, 2.75) is 19.3 Å². The highest BCUT2D eigenvalue weighted by molar-refractivity contribution is 6.06. The van der Waals surface area contributed by atoms with E-state index in [4.69, 9.17) is 0 Å². The minimum Gasteiger partial charge on any atom is -0.282 e. The number of likely N-dealkylation sites (tertiary alicyclic amines) is 1. The SMILES string of the molecule is O=C1[C@@H]2[C@@H](C(=O)N1CCc1ccccc1)[C@@H]1C=C[C@H]2C12CC2. The monoisotopic (exact) mass is 293 g/mol. The Morgan fingerprint density at radius 3 is 2.09 bits per heavy atom. The summed E-state index contributed by atoms with van der Waals surface area (Å²) in [5.74, 6) is 0.742. The second kappa shape index (κ2) is 4.09. The summed E-state index contributed by atoms with van der Waals surface area (Å²) < 4.78 is 0. The molecule has 1 aromatic carbocycles. The standard InChI is InChI=1S/C19H19NO2/c21-17-15-13-6-7-14(19(13)9-10-19)16(15)18(22)20(17)11-8-12-4-2-1-3-5-12/h1-7,13-16H,8-11H2/t13-,14+,15-,16-/m0/s1. The van der Waals surface area contributed by atoms with Gasteiger partial charge in [-0.2, -0.15) is 0 Å². The van der Waals surface area contributed by atoms with Crippen LogP contribution in [0.2, 0.25) is 0 Å². The van der Waals surface area contributed by atoms with Crippen molar-refractivity contribution >= 4 is 11.8 Å². The van der Waals surface area contributed by atoms with E-state index in [0.717, 1.165) is 6.42 Å². The molecule has 2 amide bonds. The van der Waals surface area contributed by atoms with Crippen molar-refractivity contribution in [2.24, 2.45) is 29.1 Å². The number of allylic oxidation sites excluding steroid dienone is 2. The largest absolute Gasteiger partial charge is 0.282 e. The van der Waals surface area contributed by atoms with Crippen LogP contribution in [0.5, 0.6) is 0 Å². The molecule has 1 aromatic rings. The van der Waals surface area contributed by atoms with Crippen LogP contribution < -0.4 is 0 Å². The summed E-state index contributed by atoms with van der Waals surface area (Å²) in [5, 5.41) is 0. The van der Waals surface area contributed by atoms with Gasteiger partial charge in [-0.1, -0.05) is 42.5 Å². The zero-order chi connectivity index (χ0) is 14.9. The van der Waals surface area contributed by atoms with E-state index in [1.165, 1.54) is 18.4 Å². The molecule has 1 heterocycles. The Morgan fingerprint density at radius 1 is 0.955 bits per heavy atom. The van der Waals surface area contributed by atoms with Gasteiger partial charge in [0.1, 0.15) is 0 Å². The number of carbonyl (C=O) groups is 2. The van der Waals surface area contributed by atoms with E-state index in [-0.39, 0.29) is 23.7 Å². The van der Waals surface area contributed by atoms with Crippen LogP contribution >= 0.6 is 0 Å². The average molecular weight is 293 g/mol. The maximum Gasteiger partial charge on any atom is 0.233 e. The van der Waals surface area contributed by atoms with Crippen molar-refractivity contribution in [1.29, 1.82) is 0 Å². The number of hydrogen-bond donors (Lipinski definition) is 0. The number of fused-ring (bicyclic) bond motifs is 3. The molecular formula is C19H19NO2. The predicted molar refractivity (Wildman–Crippen MR) is 81.6 cm³/mol. The summed E-state index contributed by atoms with van der Waals surface area (Å²) >= 11 is 0. The molecule has 4 atom stereocenters. The molecule has 0 unspecified atom stereocenters. The maximum atomic E-state index is 12.8. The molecule has 3 nitrogen and oxygen atoms in total. The summed E-state index contributed by atoms with van der Waals surface area (Å²) in [6, 6.07) is 10.1. The highest BCUT2D eigenvalue weighted by Crippen LogP contribution is 2.73. The molecule has 22 heavy (non-hydrogen) atoms. The van der Waals surface area contributed by atoms with Gasteiger partial charge in [0.05, 0.1) is 11.8 Å². The highest BCUT2D eigenvalue weighted by atomic mass is 16.2. The van der Waals surface area contributed by atoms with E-state index < -0.39 is 0 Å². The predicted octanol–water partition coefficient (Wildman–Crippen LogP) is 2.43. The Bertz CT molecular complexity index is 655. The molecule has 1 saturated heterocycles. The van der Waals surface area contributed by atoms with Crippen molar-refractivity contribution in [3.8, 4) is 0 Å². The Morgan fingerprint density at radius 2 is 1.55 bits per heavy atom. The van der Waals surface area contributed by atoms with Crippen LogP contribution in [0.4, 0.5) is 0 Å². The molecule has 0 radical (unpaired) electrons. The number of amides is 2. The molecule has 1 aliphatic heterocycles. The van der Waals surface area contributed by atoms with Crippen molar-refractivity contribution in [3.05, 3.63) is 48.0 Å². The molecule has 0 N–H and O–H groups in total. The minimum atomic E-state index is -0.0548. The Kier molecular flexibility index (Phi) is 2.35. The third-order valence-corrected chi connectivity index (χ3v) is 6.41. The molecule has 3 heteroatoms. The van der Waals surface area contributed by atoms with Gasteiger partial charge in [-0.25, -0.2) is 0 Å². The molecule has 112 valence electrons. The third kappa shape index (κ3) is 1.42. The van der Waals surface area contributed by atoms with E-state index in [1.807, 2.05) is 18.2 Å². The number of rotatable bonds is 3. The zero-order valence-corrected chi connectivity index (χ0v) is 12.4. The molecule has 3 aliphatic carbocycles. The van der Waals surface area contributed by atoms with Gasteiger partial charge in [0.25, 0.3) is 0 Å². The second-order valence-electron chi connectivity index (χ2n) is 7.28. The molecule has 2 saturated carbocycles. The first kappa shape index (κ1) is 12.6. The van der Waals surface area contributed by atoms with Gasteiger partial charge in [-0.3, -0.25) is 14.5 Å². The number of benzene rings is 1. The van der Waals surface area contributed by atoms with Crippen molar-refractivity contribution in [2.75, 3.05) is 6.54 Å². The Labute approximate surface area is 130 Å². The summed E-state index contributed by atoms with van der Waals surface area (Å²) in [5.41, 5.74) is 1.48. The quantitative estimate of drug-likeness (QED) is 0.634. The van der Waals surface area contributed by atoms with E-state index >= 15 is 0 Å². The van der Waals surface area contributed by atoms with Crippen molar-refractivity contribution in [1.82, 2.24) is 4.90 Å². The smallest absolute Gasteiger partial charge is 0.233 e. The van der Waals surface area contributed by atoms with Crippen LogP contribution in [-0.4, -0.2) is 23.3 Å². The van der Waals surface area contributed by atoms with E-state index in [0.29, 0.717) is 23.8 Å². The van der Waals surface area contributed by atoms with Gasteiger partial charge in [0.15, 0.2) is 0 Å². The van der Waals surface area contributed by atoms with E-state index in [1.54, 1.807) is 4.90 Å². The first-order valence-electron chi connectivity index (χ1n) is 8.30. The molecule has 4 aliphatic rings. The molecule has 0 aromatic heterocycles.